The highest BCUT2D eigenvalue weighted by Gasteiger charge is 2.18. The molecule has 1 aromatic heterocycles. The normalized spacial score (nSPS) is 23.2. The lowest BCUT2D eigenvalue weighted by Gasteiger charge is -2.00. The van der Waals surface area contributed by atoms with Crippen molar-refractivity contribution in [1.82, 2.24) is 10.1 Å². The standard InChI is InChI=1S/C7H9BrN2O2/c8-7-9-6(12-10-7)3-5-1-2-11-4-5/h5H,1-4H2. The fourth-order valence-corrected chi connectivity index (χ4v) is 1.58. The van der Waals surface area contributed by atoms with Gasteiger partial charge in [0, 0.05) is 19.6 Å². The minimum atomic E-state index is 0.524. The highest BCUT2D eigenvalue weighted by Crippen LogP contribution is 2.17. The topological polar surface area (TPSA) is 48.2 Å². The predicted octanol–water partition coefficient (Wildman–Crippen LogP) is 1.41. The molecular weight excluding hydrogens is 224 g/mol. The molecule has 0 aromatic carbocycles. The predicted molar refractivity (Wildman–Crippen MR) is 44.6 cm³/mol. The van der Waals surface area contributed by atoms with Crippen molar-refractivity contribution in [1.29, 1.82) is 0 Å². The zero-order valence-electron chi connectivity index (χ0n) is 6.49. The lowest BCUT2D eigenvalue weighted by Crippen LogP contribution is -2.03. The summed E-state index contributed by atoms with van der Waals surface area (Å²) in [4.78, 5) is 4.06. The molecule has 66 valence electrons. The molecular formula is C7H9BrN2O2. The summed E-state index contributed by atoms with van der Waals surface area (Å²) in [6, 6.07) is 0. The molecule has 0 aliphatic carbocycles. The summed E-state index contributed by atoms with van der Waals surface area (Å²) in [5.41, 5.74) is 0. The molecule has 1 atom stereocenters. The van der Waals surface area contributed by atoms with Crippen LogP contribution in [-0.4, -0.2) is 23.4 Å². The largest absolute Gasteiger partial charge is 0.381 e. The second-order valence-electron chi connectivity index (χ2n) is 2.89. The summed E-state index contributed by atoms with van der Waals surface area (Å²) < 4.78 is 10.7. The average molecular weight is 233 g/mol. The smallest absolute Gasteiger partial charge is 0.238 e. The van der Waals surface area contributed by atoms with E-state index in [4.69, 9.17) is 9.26 Å². The molecule has 0 radical (unpaired) electrons. The monoisotopic (exact) mass is 232 g/mol. The molecule has 0 amide bonds. The summed E-state index contributed by atoms with van der Waals surface area (Å²) in [5.74, 6) is 1.25. The molecule has 1 aromatic rings. The molecule has 5 heteroatoms. The van der Waals surface area contributed by atoms with Crippen molar-refractivity contribution in [2.24, 2.45) is 5.92 Å². The van der Waals surface area contributed by atoms with Crippen LogP contribution in [0.3, 0.4) is 0 Å². The lowest BCUT2D eigenvalue weighted by molar-refractivity contribution is 0.183. The van der Waals surface area contributed by atoms with Gasteiger partial charge in [-0.1, -0.05) is 0 Å². The molecule has 0 N–H and O–H groups in total. The first kappa shape index (κ1) is 8.19. The second-order valence-corrected chi connectivity index (χ2v) is 3.60. The van der Waals surface area contributed by atoms with Gasteiger partial charge in [0.1, 0.15) is 0 Å². The van der Waals surface area contributed by atoms with Gasteiger partial charge >= 0.3 is 0 Å². The highest BCUT2D eigenvalue weighted by atomic mass is 79.9. The summed E-state index contributed by atoms with van der Waals surface area (Å²) >= 11 is 3.13. The van der Waals surface area contributed by atoms with Crippen LogP contribution in [0.15, 0.2) is 9.26 Å². The van der Waals surface area contributed by atoms with Gasteiger partial charge in [-0.3, -0.25) is 0 Å². The van der Waals surface area contributed by atoms with Gasteiger partial charge in [-0.05, 0) is 33.4 Å². The van der Waals surface area contributed by atoms with Gasteiger partial charge in [0.15, 0.2) is 0 Å². The van der Waals surface area contributed by atoms with Crippen LogP contribution in [0.25, 0.3) is 0 Å². The second kappa shape index (κ2) is 3.53. The van der Waals surface area contributed by atoms with Crippen molar-refractivity contribution < 1.29 is 9.26 Å². The molecule has 2 rings (SSSR count). The Morgan fingerprint density at radius 1 is 1.58 bits per heavy atom. The van der Waals surface area contributed by atoms with Crippen LogP contribution < -0.4 is 0 Å². The number of aromatic nitrogens is 2. The first-order valence-corrected chi connectivity index (χ1v) is 4.70. The number of nitrogens with zero attached hydrogens (tertiary/aromatic N) is 2. The fraction of sp³-hybridized carbons (Fsp3) is 0.714. The van der Waals surface area contributed by atoms with Crippen molar-refractivity contribution in [3.63, 3.8) is 0 Å². The maximum atomic E-state index is 5.23. The Balaban J connectivity index is 1.94. The minimum Gasteiger partial charge on any atom is -0.381 e. The molecule has 12 heavy (non-hydrogen) atoms. The van der Waals surface area contributed by atoms with E-state index in [0.29, 0.717) is 16.5 Å². The number of ether oxygens (including phenoxy) is 1. The van der Waals surface area contributed by atoms with Crippen LogP contribution in [0.1, 0.15) is 12.3 Å². The van der Waals surface area contributed by atoms with E-state index >= 15 is 0 Å². The van der Waals surface area contributed by atoms with Gasteiger partial charge in [-0.2, -0.15) is 4.98 Å². The molecule has 1 fully saturated rings. The molecule has 0 spiro atoms. The zero-order valence-corrected chi connectivity index (χ0v) is 8.08. The van der Waals surface area contributed by atoms with Crippen LogP contribution in [-0.2, 0) is 11.2 Å². The van der Waals surface area contributed by atoms with Gasteiger partial charge in [0.25, 0.3) is 0 Å². The fourth-order valence-electron chi connectivity index (χ4n) is 1.31. The molecule has 0 saturated carbocycles. The number of hydrogen-bond acceptors (Lipinski definition) is 4. The molecule has 4 nitrogen and oxygen atoms in total. The third-order valence-electron chi connectivity index (χ3n) is 1.93. The molecule has 1 saturated heterocycles. The zero-order chi connectivity index (χ0) is 8.39. The van der Waals surface area contributed by atoms with Gasteiger partial charge < -0.3 is 9.26 Å². The van der Waals surface area contributed by atoms with Crippen LogP contribution in [0.5, 0.6) is 0 Å². The van der Waals surface area contributed by atoms with Crippen molar-refractivity contribution in [3.05, 3.63) is 10.6 Å². The van der Waals surface area contributed by atoms with Gasteiger partial charge in [-0.15, -0.1) is 0 Å². The Kier molecular flexibility index (Phi) is 2.41. The van der Waals surface area contributed by atoms with Gasteiger partial charge in [0.05, 0.1) is 0 Å². The van der Waals surface area contributed by atoms with E-state index in [1.807, 2.05) is 0 Å². The van der Waals surface area contributed by atoms with E-state index in [1.54, 1.807) is 0 Å². The summed E-state index contributed by atoms with van der Waals surface area (Å²) in [7, 11) is 0. The Morgan fingerprint density at radius 3 is 3.08 bits per heavy atom. The van der Waals surface area contributed by atoms with E-state index in [2.05, 4.69) is 26.1 Å². The van der Waals surface area contributed by atoms with E-state index in [9.17, 15) is 0 Å². The number of hydrogen-bond donors (Lipinski definition) is 0. The number of rotatable bonds is 2. The van der Waals surface area contributed by atoms with E-state index in [1.165, 1.54) is 0 Å². The van der Waals surface area contributed by atoms with Crippen molar-refractivity contribution in [3.8, 4) is 0 Å². The molecule has 1 aliphatic heterocycles. The Bertz CT molecular complexity index is 258. The van der Waals surface area contributed by atoms with Crippen LogP contribution in [0.4, 0.5) is 0 Å². The lowest BCUT2D eigenvalue weighted by atomic mass is 10.1. The Hall–Kier alpha value is -0.420. The Morgan fingerprint density at radius 2 is 2.50 bits per heavy atom. The molecule has 0 bridgehead atoms. The summed E-state index contributed by atoms with van der Waals surface area (Å²) in [6.45, 7) is 1.68. The van der Waals surface area contributed by atoms with E-state index in [-0.39, 0.29) is 0 Å². The summed E-state index contributed by atoms with van der Waals surface area (Å²) in [6.07, 6.45) is 1.93. The molecule has 1 aliphatic rings. The number of halogens is 1. The third-order valence-corrected chi connectivity index (χ3v) is 2.25. The maximum absolute atomic E-state index is 5.23. The third kappa shape index (κ3) is 1.84. The maximum Gasteiger partial charge on any atom is 0.238 e. The first-order chi connectivity index (χ1) is 5.84. The van der Waals surface area contributed by atoms with Gasteiger partial charge in [0.2, 0.25) is 10.6 Å². The molecule has 1 unspecified atom stereocenters. The average Bonchev–Trinajstić information content (AvgIpc) is 2.63. The van der Waals surface area contributed by atoms with Crippen molar-refractivity contribution in [2.45, 2.75) is 12.8 Å². The van der Waals surface area contributed by atoms with Crippen LogP contribution >= 0.6 is 15.9 Å². The SMILES string of the molecule is Brc1noc(CC2CCOC2)n1. The molecule has 2 heterocycles. The van der Waals surface area contributed by atoms with Crippen molar-refractivity contribution >= 4 is 15.9 Å². The van der Waals surface area contributed by atoms with E-state index in [0.717, 1.165) is 26.1 Å². The first-order valence-electron chi connectivity index (χ1n) is 3.90. The van der Waals surface area contributed by atoms with Crippen molar-refractivity contribution in [2.75, 3.05) is 13.2 Å². The van der Waals surface area contributed by atoms with E-state index < -0.39 is 0 Å². The quantitative estimate of drug-likeness (QED) is 0.774. The minimum absolute atomic E-state index is 0.524. The Labute approximate surface area is 78.4 Å². The van der Waals surface area contributed by atoms with Gasteiger partial charge in [-0.25, -0.2) is 0 Å². The highest BCUT2D eigenvalue weighted by molar-refractivity contribution is 9.10. The summed E-state index contributed by atoms with van der Waals surface area (Å²) in [5, 5.41) is 3.65. The van der Waals surface area contributed by atoms with Crippen LogP contribution in [0, 0.1) is 5.92 Å². The van der Waals surface area contributed by atoms with Crippen LogP contribution in [0.2, 0.25) is 0 Å².